The summed E-state index contributed by atoms with van der Waals surface area (Å²) in [5, 5.41) is 17.8. The Hall–Kier alpha value is -1.40. The SMILES string of the molecule is CC(C)(C)c1nc(CNC(=O)N[C@@H]2C=C[C@H](CO)C2)cs1. The average Bonchev–Trinajstić information content (AvgIpc) is 3.04. The Morgan fingerprint density at radius 2 is 2.24 bits per heavy atom. The van der Waals surface area contributed by atoms with Gasteiger partial charge in [0.1, 0.15) is 0 Å². The number of carbonyl (C=O) groups excluding carboxylic acids is 1. The molecule has 1 aromatic rings. The first-order chi connectivity index (χ1) is 9.88. The van der Waals surface area contributed by atoms with Crippen molar-refractivity contribution in [3.8, 4) is 0 Å². The first-order valence-electron chi connectivity index (χ1n) is 7.17. The van der Waals surface area contributed by atoms with Gasteiger partial charge < -0.3 is 15.7 Å². The summed E-state index contributed by atoms with van der Waals surface area (Å²) >= 11 is 1.62. The van der Waals surface area contributed by atoms with Crippen LogP contribution in [0.15, 0.2) is 17.5 Å². The van der Waals surface area contributed by atoms with Crippen molar-refractivity contribution in [2.45, 2.75) is 45.2 Å². The van der Waals surface area contributed by atoms with Crippen LogP contribution < -0.4 is 10.6 Å². The van der Waals surface area contributed by atoms with Gasteiger partial charge in [-0.3, -0.25) is 0 Å². The van der Waals surface area contributed by atoms with E-state index in [4.69, 9.17) is 5.11 Å². The summed E-state index contributed by atoms with van der Waals surface area (Å²) in [5.74, 6) is 0.156. The van der Waals surface area contributed by atoms with Gasteiger partial charge in [0.15, 0.2) is 0 Å². The highest BCUT2D eigenvalue weighted by Crippen LogP contribution is 2.25. The Morgan fingerprint density at radius 1 is 1.48 bits per heavy atom. The van der Waals surface area contributed by atoms with Crippen LogP contribution in [-0.4, -0.2) is 28.8 Å². The molecular weight excluding hydrogens is 286 g/mol. The third kappa shape index (κ3) is 4.54. The molecule has 0 saturated carbocycles. The third-order valence-electron chi connectivity index (χ3n) is 3.35. The number of carbonyl (C=O) groups is 1. The van der Waals surface area contributed by atoms with Gasteiger partial charge in [-0.05, 0) is 6.42 Å². The van der Waals surface area contributed by atoms with Crippen molar-refractivity contribution in [3.05, 3.63) is 28.2 Å². The lowest BCUT2D eigenvalue weighted by atomic mass is 9.98. The molecule has 0 spiro atoms. The molecule has 5 nitrogen and oxygen atoms in total. The molecule has 1 aromatic heterocycles. The van der Waals surface area contributed by atoms with Crippen LogP contribution in [0, 0.1) is 5.92 Å². The van der Waals surface area contributed by atoms with E-state index in [1.807, 2.05) is 17.5 Å². The molecule has 2 amide bonds. The molecule has 6 heteroatoms. The summed E-state index contributed by atoms with van der Waals surface area (Å²) in [6.45, 7) is 6.93. The molecule has 0 bridgehead atoms. The van der Waals surface area contributed by atoms with Crippen molar-refractivity contribution in [1.82, 2.24) is 15.6 Å². The fourth-order valence-electron chi connectivity index (χ4n) is 2.14. The monoisotopic (exact) mass is 309 g/mol. The normalized spacial score (nSPS) is 21.5. The van der Waals surface area contributed by atoms with Crippen LogP contribution in [-0.2, 0) is 12.0 Å². The number of rotatable bonds is 4. The fourth-order valence-corrected chi connectivity index (χ4v) is 3.05. The van der Waals surface area contributed by atoms with E-state index in [2.05, 4.69) is 36.4 Å². The van der Waals surface area contributed by atoms with Crippen LogP contribution in [0.2, 0.25) is 0 Å². The number of amides is 2. The Labute approximate surface area is 129 Å². The van der Waals surface area contributed by atoms with Crippen LogP contribution >= 0.6 is 11.3 Å². The van der Waals surface area contributed by atoms with E-state index < -0.39 is 0 Å². The van der Waals surface area contributed by atoms with Gasteiger partial charge in [-0.15, -0.1) is 11.3 Å². The van der Waals surface area contributed by atoms with E-state index in [0.29, 0.717) is 6.54 Å². The molecule has 0 fully saturated rings. The van der Waals surface area contributed by atoms with Crippen LogP contribution in [0.25, 0.3) is 0 Å². The van der Waals surface area contributed by atoms with Gasteiger partial charge >= 0.3 is 6.03 Å². The fraction of sp³-hybridized carbons (Fsp3) is 0.600. The number of nitrogens with zero attached hydrogens (tertiary/aromatic N) is 1. The minimum absolute atomic E-state index is 0.00252. The number of aromatic nitrogens is 1. The minimum atomic E-state index is -0.200. The van der Waals surface area contributed by atoms with Crippen LogP contribution in [0.4, 0.5) is 4.79 Å². The molecule has 116 valence electrons. The van der Waals surface area contributed by atoms with Crippen molar-refractivity contribution in [3.63, 3.8) is 0 Å². The quantitative estimate of drug-likeness (QED) is 0.746. The van der Waals surface area contributed by atoms with Crippen LogP contribution in [0.3, 0.4) is 0 Å². The minimum Gasteiger partial charge on any atom is -0.396 e. The number of aliphatic hydroxyl groups excluding tert-OH is 1. The lowest BCUT2D eigenvalue weighted by Crippen LogP contribution is -2.40. The first-order valence-corrected chi connectivity index (χ1v) is 8.05. The Morgan fingerprint density at radius 3 is 2.81 bits per heavy atom. The van der Waals surface area contributed by atoms with Crippen molar-refractivity contribution in [1.29, 1.82) is 0 Å². The molecule has 1 aliphatic rings. The molecule has 0 aromatic carbocycles. The molecule has 0 unspecified atom stereocenters. The lowest BCUT2D eigenvalue weighted by molar-refractivity contribution is 0.231. The number of nitrogens with one attached hydrogen (secondary N) is 2. The molecule has 2 rings (SSSR count). The van der Waals surface area contributed by atoms with Gasteiger partial charge in [0.2, 0.25) is 0 Å². The highest BCUT2D eigenvalue weighted by molar-refractivity contribution is 7.09. The van der Waals surface area contributed by atoms with Crippen molar-refractivity contribution in [2.24, 2.45) is 5.92 Å². The van der Waals surface area contributed by atoms with Gasteiger partial charge in [0.05, 0.1) is 17.2 Å². The molecular formula is C15H23N3O2S. The van der Waals surface area contributed by atoms with E-state index >= 15 is 0 Å². The highest BCUT2D eigenvalue weighted by atomic mass is 32.1. The molecule has 21 heavy (non-hydrogen) atoms. The molecule has 0 radical (unpaired) electrons. The van der Waals surface area contributed by atoms with E-state index in [9.17, 15) is 4.79 Å². The van der Waals surface area contributed by atoms with Crippen LogP contribution in [0.1, 0.15) is 37.9 Å². The molecule has 3 N–H and O–H groups in total. The second-order valence-corrected chi connectivity index (χ2v) is 7.25. The van der Waals surface area contributed by atoms with E-state index in [1.165, 1.54) is 0 Å². The number of thiazole rings is 1. The molecule has 1 aliphatic carbocycles. The Bertz CT molecular complexity index is 519. The number of hydrogen-bond acceptors (Lipinski definition) is 4. The van der Waals surface area contributed by atoms with Crippen molar-refractivity contribution >= 4 is 17.4 Å². The predicted molar refractivity (Wildman–Crippen MR) is 84.3 cm³/mol. The molecule has 2 atom stereocenters. The summed E-state index contributed by atoms with van der Waals surface area (Å²) < 4.78 is 0. The third-order valence-corrected chi connectivity index (χ3v) is 4.66. The van der Waals surface area contributed by atoms with Gasteiger partial charge in [0, 0.05) is 29.4 Å². The number of aliphatic hydroxyl groups is 1. The summed E-state index contributed by atoms with van der Waals surface area (Å²) in [6.07, 6.45) is 4.64. The van der Waals surface area contributed by atoms with Gasteiger partial charge in [-0.1, -0.05) is 32.9 Å². The first kappa shape index (κ1) is 16.0. The molecule has 1 heterocycles. The van der Waals surface area contributed by atoms with Gasteiger partial charge in [-0.25, -0.2) is 9.78 Å². The zero-order chi connectivity index (χ0) is 15.5. The highest BCUT2D eigenvalue weighted by Gasteiger charge is 2.20. The maximum atomic E-state index is 11.8. The van der Waals surface area contributed by atoms with Crippen molar-refractivity contribution in [2.75, 3.05) is 6.61 Å². The number of hydrogen-bond donors (Lipinski definition) is 3. The Balaban J connectivity index is 1.77. The molecule has 0 saturated heterocycles. The number of urea groups is 1. The largest absolute Gasteiger partial charge is 0.396 e. The zero-order valence-corrected chi connectivity index (χ0v) is 13.5. The smallest absolute Gasteiger partial charge is 0.315 e. The summed E-state index contributed by atoms with van der Waals surface area (Å²) in [5.41, 5.74) is 0.925. The summed E-state index contributed by atoms with van der Waals surface area (Å²) in [6, 6.07) is -0.198. The topological polar surface area (TPSA) is 74.2 Å². The average molecular weight is 309 g/mol. The standard InChI is InChI=1S/C15H23N3O2S/c1-15(2,3)13-17-12(9-21-13)7-16-14(20)18-11-5-4-10(6-11)8-19/h4-5,9-11,19H,6-8H2,1-3H3,(H2,16,18,20)/t10-,11+/m0/s1. The maximum absolute atomic E-state index is 11.8. The van der Waals surface area contributed by atoms with E-state index in [0.717, 1.165) is 17.1 Å². The van der Waals surface area contributed by atoms with E-state index in [1.54, 1.807) is 11.3 Å². The van der Waals surface area contributed by atoms with Crippen molar-refractivity contribution < 1.29 is 9.90 Å². The summed E-state index contributed by atoms with van der Waals surface area (Å²) in [7, 11) is 0. The maximum Gasteiger partial charge on any atom is 0.315 e. The second kappa shape index (κ2) is 6.58. The second-order valence-electron chi connectivity index (χ2n) is 6.39. The lowest BCUT2D eigenvalue weighted by Gasteiger charge is -2.14. The summed E-state index contributed by atoms with van der Waals surface area (Å²) in [4.78, 5) is 16.4. The van der Waals surface area contributed by atoms with E-state index in [-0.39, 0.29) is 30.0 Å². The van der Waals surface area contributed by atoms with Gasteiger partial charge in [0.25, 0.3) is 0 Å². The van der Waals surface area contributed by atoms with Gasteiger partial charge in [-0.2, -0.15) is 0 Å². The Kier molecular flexibility index (Phi) is 5.00. The van der Waals surface area contributed by atoms with Crippen LogP contribution in [0.5, 0.6) is 0 Å². The predicted octanol–water partition coefficient (Wildman–Crippen LogP) is 2.18. The molecule has 0 aliphatic heterocycles. The zero-order valence-electron chi connectivity index (χ0n) is 12.7.